The largest absolute Gasteiger partial charge is 0.497 e. The number of ether oxygens (including phenoxy) is 4. The third-order valence-corrected chi connectivity index (χ3v) is 6.44. The number of benzene rings is 2. The fourth-order valence-electron chi connectivity index (χ4n) is 4.63. The number of hydrogen-bond acceptors (Lipinski definition) is 8. The number of fused-ring (bicyclic) bond motifs is 2. The van der Waals surface area contributed by atoms with E-state index in [1.165, 1.54) is 13.8 Å². The quantitative estimate of drug-likeness (QED) is 0.288. The predicted molar refractivity (Wildman–Crippen MR) is 149 cm³/mol. The number of carbonyl (C=O) groups is 2. The number of pyridine rings is 2. The molecular formula is C30H33N3O6. The van der Waals surface area contributed by atoms with Gasteiger partial charge in [-0.2, -0.15) is 0 Å². The van der Waals surface area contributed by atoms with Gasteiger partial charge >= 0.3 is 5.97 Å². The Hall–Kier alpha value is -4.40. The molecule has 0 fully saturated rings. The second kappa shape index (κ2) is 12.0. The van der Waals surface area contributed by atoms with E-state index in [2.05, 4.69) is 18.3 Å². The topological polar surface area (TPSA) is 109 Å². The molecule has 0 bridgehead atoms. The summed E-state index contributed by atoms with van der Waals surface area (Å²) in [5, 5.41) is 5.25. The standard InChI is InChI=1S/C30H33N3O6/c1-7-8-25-20(11-19-12-21(36-4)9-10-26(19)32-25)13-24-22-14-28(37-5)29(38-6)15-23(22)27(16-31-17(2)34)33-30(24)39-18(3)35/h9-12,14-15H,7-8,13,16H2,1-6H3,(H,31,34). The highest BCUT2D eigenvalue weighted by atomic mass is 16.5. The monoisotopic (exact) mass is 531 g/mol. The lowest BCUT2D eigenvalue weighted by Gasteiger charge is -2.19. The van der Waals surface area contributed by atoms with Gasteiger partial charge in [-0.05, 0) is 53.8 Å². The molecule has 39 heavy (non-hydrogen) atoms. The van der Waals surface area contributed by atoms with E-state index in [9.17, 15) is 9.59 Å². The van der Waals surface area contributed by atoms with Crippen LogP contribution >= 0.6 is 0 Å². The molecule has 0 unspecified atom stereocenters. The van der Waals surface area contributed by atoms with Gasteiger partial charge in [0, 0.05) is 42.3 Å². The molecule has 2 heterocycles. The zero-order valence-electron chi connectivity index (χ0n) is 23.1. The molecule has 4 aromatic rings. The second-order valence-corrected chi connectivity index (χ2v) is 9.18. The maximum Gasteiger partial charge on any atom is 0.309 e. The van der Waals surface area contributed by atoms with Crippen LogP contribution in [0.1, 0.15) is 49.7 Å². The molecule has 0 saturated carbocycles. The Kier molecular flexibility index (Phi) is 8.49. The summed E-state index contributed by atoms with van der Waals surface area (Å²) in [4.78, 5) is 33.6. The van der Waals surface area contributed by atoms with Gasteiger partial charge < -0.3 is 24.3 Å². The van der Waals surface area contributed by atoms with Crippen molar-refractivity contribution in [1.29, 1.82) is 0 Å². The van der Waals surface area contributed by atoms with Crippen molar-refractivity contribution < 1.29 is 28.5 Å². The molecular weight excluding hydrogens is 498 g/mol. The Balaban J connectivity index is 2.00. The van der Waals surface area contributed by atoms with Crippen LogP contribution in [0.2, 0.25) is 0 Å². The molecule has 9 heteroatoms. The van der Waals surface area contributed by atoms with Gasteiger partial charge in [0.2, 0.25) is 11.8 Å². The molecule has 9 nitrogen and oxygen atoms in total. The second-order valence-electron chi connectivity index (χ2n) is 9.18. The van der Waals surface area contributed by atoms with E-state index >= 15 is 0 Å². The molecule has 0 spiro atoms. The van der Waals surface area contributed by atoms with E-state index in [4.69, 9.17) is 28.9 Å². The molecule has 2 aromatic heterocycles. The normalized spacial score (nSPS) is 10.9. The number of nitrogens with zero attached hydrogens (tertiary/aromatic N) is 2. The Bertz CT molecular complexity index is 1550. The lowest BCUT2D eigenvalue weighted by Crippen LogP contribution is -2.20. The van der Waals surface area contributed by atoms with E-state index < -0.39 is 5.97 Å². The van der Waals surface area contributed by atoms with Crippen molar-refractivity contribution in [2.45, 2.75) is 46.6 Å². The van der Waals surface area contributed by atoms with E-state index in [-0.39, 0.29) is 18.3 Å². The first kappa shape index (κ1) is 27.6. The summed E-state index contributed by atoms with van der Waals surface area (Å²) in [7, 11) is 4.76. The third kappa shape index (κ3) is 6.03. The van der Waals surface area contributed by atoms with E-state index in [1.807, 2.05) is 30.3 Å². The van der Waals surface area contributed by atoms with E-state index in [1.54, 1.807) is 21.3 Å². The molecule has 0 aliphatic carbocycles. The summed E-state index contributed by atoms with van der Waals surface area (Å²) in [5.74, 6) is 1.26. The van der Waals surface area contributed by atoms with Gasteiger partial charge in [-0.3, -0.25) is 14.6 Å². The van der Waals surface area contributed by atoms with Crippen LogP contribution < -0.4 is 24.3 Å². The minimum absolute atomic E-state index is 0.147. The van der Waals surface area contributed by atoms with Crippen LogP contribution in [0.3, 0.4) is 0 Å². The minimum Gasteiger partial charge on any atom is -0.497 e. The predicted octanol–water partition coefficient (Wildman–Crippen LogP) is 4.91. The SMILES string of the molecule is CCCc1nc2ccc(OC)cc2cc1Cc1c(OC(C)=O)nc(CNC(C)=O)c2cc(OC)c(OC)cc12. The van der Waals surface area contributed by atoms with Gasteiger partial charge in [0.1, 0.15) is 5.75 Å². The number of nitrogens with one attached hydrogen (secondary N) is 1. The molecule has 4 rings (SSSR count). The lowest BCUT2D eigenvalue weighted by molar-refractivity contribution is -0.132. The first-order valence-corrected chi connectivity index (χ1v) is 12.7. The van der Waals surface area contributed by atoms with Gasteiger partial charge in [-0.1, -0.05) is 13.3 Å². The number of aromatic nitrogens is 2. The first-order valence-electron chi connectivity index (χ1n) is 12.7. The van der Waals surface area contributed by atoms with Gasteiger partial charge in [-0.25, -0.2) is 4.98 Å². The summed E-state index contributed by atoms with van der Waals surface area (Å²) in [5.41, 5.74) is 4.06. The highest BCUT2D eigenvalue weighted by Gasteiger charge is 2.22. The van der Waals surface area contributed by atoms with Gasteiger partial charge in [0.05, 0.1) is 39.1 Å². The van der Waals surface area contributed by atoms with Crippen molar-refractivity contribution in [2.24, 2.45) is 0 Å². The molecule has 0 radical (unpaired) electrons. The van der Waals surface area contributed by atoms with Crippen LogP contribution in [0.15, 0.2) is 36.4 Å². The summed E-state index contributed by atoms with van der Waals surface area (Å²) < 4.78 is 22.2. The fourth-order valence-corrected chi connectivity index (χ4v) is 4.63. The summed E-state index contributed by atoms with van der Waals surface area (Å²) in [6.45, 7) is 5.03. The number of amides is 1. The highest BCUT2D eigenvalue weighted by molar-refractivity contribution is 5.93. The van der Waals surface area contributed by atoms with Crippen LogP contribution in [0.5, 0.6) is 23.1 Å². The molecule has 0 saturated heterocycles. The molecule has 0 atom stereocenters. The Morgan fingerprint density at radius 2 is 1.59 bits per heavy atom. The number of esters is 1. The van der Waals surface area contributed by atoms with E-state index in [0.29, 0.717) is 29.2 Å². The molecule has 204 valence electrons. The summed E-state index contributed by atoms with van der Waals surface area (Å²) >= 11 is 0. The molecule has 0 aliphatic heterocycles. The summed E-state index contributed by atoms with van der Waals surface area (Å²) in [6.07, 6.45) is 2.10. The van der Waals surface area contributed by atoms with Crippen LogP contribution in [0.25, 0.3) is 21.7 Å². The molecule has 2 aromatic carbocycles. The lowest BCUT2D eigenvalue weighted by atomic mass is 9.95. The van der Waals surface area contributed by atoms with Crippen molar-refractivity contribution in [3.8, 4) is 23.1 Å². The smallest absolute Gasteiger partial charge is 0.309 e. The van der Waals surface area contributed by atoms with E-state index in [0.717, 1.165) is 51.5 Å². The van der Waals surface area contributed by atoms with Crippen molar-refractivity contribution in [2.75, 3.05) is 21.3 Å². The zero-order valence-corrected chi connectivity index (χ0v) is 23.1. The number of carbonyl (C=O) groups excluding carboxylic acids is 2. The van der Waals surface area contributed by atoms with Crippen molar-refractivity contribution >= 4 is 33.6 Å². The Morgan fingerprint density at radius 1 is 0.872 bits per heavy atom. The van der Waals surface area contributed by atoms with Crippen LogP contribution in [0, 0.1) is 0 Å². The van der Waals surface area contributed by atoms with Crippen molar-refractivity contribution in [3.63, 3.8) is 0 Å². The van der Waals surface area contributed by atoms with Crippen LogP contribution in [-0.4, -0.2) is 43.2 Å². The number of aryl methyl sites for hydroxylation is 1. The number of rotatable bonds is 10. The van der Waals surface area contributed by atoms with Crippen LogP contribution in [-0.2, 0) is 29.0 Å². The fraction of sp³-hybridized carbons (Fsp3) is 0.333. The average Bonchev–Trinajstić information content (AvgIpc) is 2.92. The molecule has 0 aliphatic rings. The average molecular weight is 532 g/mol. The Labute approximate surface area is 227 Å². The minimum atomic E-state index is -0.496. The van der Waals surface area contributed by atoms with Gasteiger partial charge in [0.25, 0.3) is 0 Å². The van der Waals surface area contributed by atoms with Gasteiger partial charge in [-0.15, -0.1) is 0 Å². The maximum absolute atomic E-state index is 12.2. The maximum atomic E-state index is 12.2. The molecule has 1 amide bonds. The Morgan fingerprint density at radius 3 is 2.21 bits per heavy atom. The molecule has 1 N–H and O–H groups in total. The number of hydrogen-bond donors (Lipinski definition) is 1. The van der Waals surface area contributed by atoms with Crippen molar-refractivity contribution in [3.05, 3.63) is 58.9 Å². The zero-order chi connectivity index (χ0) is 28.1. The first-order chi connectivity index (χ1) is 18.8. The number of methoxy groups -OCH3 is 3. The van der Waals surface area contributed by atoms with Crippen molar-refractivity contribution in [1.82, 2.24) is 15.3 Å². The summed E-state index contributed by atoms with van der Waals surface area (Å²) in [6, 6.07) is 11.6. The van der Waals surface area contributed by atoms with Gasteiger partial charge in [0.15, 0.2) is 11.5 Å². The van der Waals surface area contributed by atoms with Crippen LogP contribution in [0.4, 0.5) is 0 Å². The highest BCUT2D eigenvalue weighted by Crippen LogP contribution is 2.39. The third-order valence-electron chi connectivity index (χ3n) is 6.44.